The van der Waals surface area contributed by atoms with Gasteiger partial charge in [0.15, 0.2) is 0 Å². The number of hydrogen-bond donors (Lipinski definition) is 1. The molecule has 0 spiro atoms. The number of hydrogen-bond acceptors (Lipinski definition) is 2. The Kier molecular flexibility index (Phi) is 7.52. The first-order valence-corrected chi connectivity index (χ1v) is 18.7. The van der Waals surface area contributed by atoms with Crippen molar-refractivity contribution in [2.24, 2.45) is 0 Å². The van der Waals surface area contributed by atoms with Crippen LogP contribution in [0.4, 0.5) is 5.69 Å². The summed E-state index contributed by atoms with van der Waals surface area (Å²) in [6.45, 7) is 4.64. The third-order valence-corrected chi connectivity index (χ3v) is 11.4. The molecule has 8 aromatic rings. The maximum atomic E-state index is 4.64. The topological polar surface area (TPSA) is 24.9 Å². The van der Waals surface area contributed by atoms with Crippen LogP contribution in [0.2, 0.25) is 0 Å². The van der Waals surface area contributed by atoms with Crippen molar-refractivity contribution in [2.45, 2.75) is 19.3 Å². The summed E-state index contributed by atoms with van der Waals surface area (Å²) in [5, 5.41) is 8.69. The molecule has 10 rings (SSSR count). The predicted octanol–water partition coefficient (Wildman–Crippen LogP) is 13.8. The molecule has 2 heterocycles. The fourth-order valence-electron chi connectivity index (χ4n) is 8.79. The summed E-state index contributed by atoms with van der Waals surface area (Å²) in [5.74, 6) is 0. The summed E-state index contributed by atoms with van der Waals surface area (Å²) in [6, 6.07) is 55.2. The molecule has 0 atom stereocenters. The van der Waals surface area contributed by atoms with E-state index < -0.39 is 0 Å². The van der Waals surface area contributed by atoms with Gasteiger partial charge in [0.1, 0.15) is 0 Å². The third-order valence-electron chi connectivity index (χ3n) is 11.4. The van der Waals surface area contributed by atoms with Gasteiger partial charge in [-0.3, -0.25) is 4.98 Å². The van der Waals surface area contributed by atoms with Crippen LogP contribution < -0.4 is 5.32 Å². The van der Waals surface area contributed by atoms with Crippen molar-refractivity contribution < 1.29 is 0 Å². The molecule has 1 N–H and O–H groups in total. The number of allylic oxidation sites excluding steroid dienone is 4. The molecule has 0 saturated carbocycles. The summed E-state index contributed by atoms with van der Waals surface area (Å²) in [4.78, 5) is 4.64. The second-order valence-corrected chi connectivity index (χ2v) is 14.8. The van der Waals surface area contributed by atoms with Gasteiger partial charge in [-0.25, -0.2) is 0 Å². The second kappa shape index (κ2) is 12.7. The Labute approximate surface area is 316 Å². The molecule has 0 saturated heterocycles. The van der Waals surface area contributed by atoms with Gasteiger partial charge in [0.2, 0.25) is 0 Å². The zero-order chi connectivity index (χ0) is 36.2. The van der Waals surface area contributed by atoms with Crippen LogP contribution in [0.25, 0.3) is 77.7 Å². The van der Waals surface area contributed by atoms with Gasteiger partial charge in [-0.05, 0) is 113 Å². The summed E-state index contributed by atoms with van der Waals surface area (Å²) in [5.41, 5.74) is 16.7. The Morgan fingerprint density at radius 1 is 0.481 bits per heavy atom. The van der Waals surface area contributed by atoms with Crippen LogP contribution >= 0.6 is 0 Å². The lowest BCUT2D eigenvalue weighted by molar-refractivity contribution is 0.654. The molecule has 0 radical (unpaired) electrons. The van der Waals surface area contributed by atoms with E-state index in [1.807, 2.05) is 12.4 Å². The average molecular weight is 691 g/mol. The minimum atomic E-state index is -0.114. The van der Waals surface area contributed by atoms with Gasteiger partial charge >= 0.3 is 0 Å². The molecule has 0 fully saturated rings. The van der Waals surface area contributed by atoms with E-state index in [-0.39, 0.29) is 5.41 Å². The number of anilines is 1. The Hall–Kier alpha value is -6.77. The quantitative estimate of drug-likeness (QED) is 0.187. The van der Waals surface area contributed by atoms with Crippen molar-refractivity contribution in [1.29, 1.82) is 0 Å². The molecule has 256 valence electrons. The van der Waals surface area contributed by atoms with E-state index in [0.717, 1.165) is 27.9 Å². The zero-order valence-corrected chi connectivity index (χ0v) is 30.3. The monoisotopic (exact) mass is 690 g/mol. The molecular weight excluding hydrogens is 653 g/mol. The van der Waals surface area contributed by atoms with Gasteiger partial charge in [0, 0.05) is 40.8 Å². The summed E-state index contributed by atoms with van der Waals surface area (Å²) >= 11 is 0. The Balaban J connectivity index is 1.17. The number of rotatable bonds is 3. The van der Waals surface area contributed by atoms with E-state index >= 15 is 0 Å². The van der Waals surface area contributed by atoms with Crippen molar-refractivity contribution in [1.82, 2.24) is 4.98 Å². The lowest BCUT2D eigenvalue weighted by Crippen LogP contribution is -2.16. The van der Waals surface area contributed by atoms with Gasteiger partial charge in [0.25, 0.3) is 0 Å². The van der Waals surface area contributed by atoms with E-state index in [9.17, 15) is 0 Å². The fraction of sp³-hybridized carbons (Fsp3) is 0.0577. The van der Waals surface area contributed by atoms with Crippen LogP contribution in [0.3, 0.4) is 0 Å². The first kappa shape index (κ1) is 31.9. The van der Waals surface area contributed by atoms with Gasteiger partial charge in [0.05, 0.1) is 0 Å². The number of nitrogens with one attached hydrogen (secondary N) is 1. The van der Waals surface area contributed by atoms with E-state index in [0.29, 0.717) is 0 Å². The molecule has 0 amide bonds. The van der Waals surface area contributed by atoms with E-state index in [4.69, 9.17) is 0 Å². The number of benzene rings is 7. The summed E-state index contributed by atoms with van der Waals surface area (Å²) < 4.78 is 0. The lowest BCUT2D eigenvalue weighted by Gasteiger charge is -2.22. The van der Waals surface area contributed by atoms with Crippen LogP contribution in [0.5, 0.6) is 0 Å². The van der Waals surface area contributed by atoms with E-state index in [2.05, 4.69) is 200 Å². The maximum absolute atomic E-state index is 4.64. The van der Waals surface area contributed by atoms with E-state index in [1.165, 1.54) is 71.6 Å². The number of fused-ring (bicyclic) bond motifs is 7. The Bertz CT molecular complexity index is 2860. The van der Waals surface area contributed by atoms with Crippen molar-refractivity contribution in [3.8, 4) is 44.5 Å². The van der Waals surface area contributed by atoms with Crippen LogP contribution in [0, 0.1) is 0 Å². The zero-order valence-electron chi connectivity index (χ0n) is 30.3. The van der Waals surface area contributed by atoms with Gasteiger partial charge in [-0.2, -0.15) is 0 Å². The van der Waals surface area contributed by atoms with E-state index in [1.54, 1.807) is 0 Å². The van der Waals surface area contributed by atoms with Crippen molar-refractivity contribution >= 4 is 38.9 Å². The summed E-state index contributed by atoms with van der Waals surface area (Å²) in [6.07, 6.45) is 12.8. The molecular formula is C52H38N2. The fourth-order valence-corrected chi connectivity index (χ4v) is 8.79. The van der Waals surface area contributed by atoms with Crippen LogP contribution in [-0.4, -0.2) is 4.98 Å². The maximum Gasteiger partial charge on any atom is 0.0460 e. The van der Waals surface area contributed by atoms with Gasteiger partial charge < -0.3 is 5.32 Å². The normalized spacial score (nSPS) is 15.4. The molecule has 7 aromatic carbocycles. The van der Waals surface area contributed by atoms with Crippen molar-refractivity contribution in [2.75, 3.05) is 5.32 Å². The van der Waals surface area contributed by atoms with Crippen molar-refractivity contribution in [3.63, 3.8) is 0 Å². The summed E-state index contributed by atoms with van der Waals surface area (Å²) in [7, 11) is 0. The standard InChI is InChI=1S/C52H38N2/c1-52(2)47-20-12-11-17-39(47)40-24-21-34-27-29-53-33-46(34)44-31-38(23-26-49(44)54-30-28-48(40)52)37-22-25-43-45(32-37)51(36-15-7-4-8-16-36)42-19-10-9-18-41(42)50(43)35-13-5-3-6-14-35/h3-33,54H,1-2H3/b24-21-,30-28+. The van der Waals surface area contributed by atoms with Crippen molar-refractivity contribution in [3.05, 3.63) is 205 Å². The molecule has 2 heteroatoms. The average Bonchev–Trinajstić information content (AvgIpc) is 3.42. The molecule has 2 aliphatic rings. The molecule has 54 heavy (non-hydrogen) atoms. The SMILES string of the molecule is CC1(C)C2=C(/C=C\c3ccncc3-c3cc(-c4ccc5c(-c6ccccc6)c6ccccc6c(-c6ccccc6)c5c4)ccc3N/C=C/2)c2ccccc21. The number of aromatic nitrogens is 1. The molecule has 2 nitrogen and oxygen atoms in total. The molecule has 0 unspecified atom stereocenters. The highest BCUT2D eigenvalue weighted by Crippen LogP contribution is 2.49. The molecule has 0 bridgehead atoms. The van der Waals surface area contributed by atoms with Crippen LogP contribution in [0.15, 0.2) is 188 Å². The van der Waals surface area contributed by atoms with Gasteiger partial charge in [-0.15, -0.1) is 0 Å². The molecule has 1 aliphatic heterocycles. The molecule has 1 aromatic heterocycles. The number of pyridine rings is 1. The highest BCUT2D eigenvalue weighted by atomic mass is 14.8. The minimum Gasteiger partial charge on any atom is -0.361 e. The second-order valence-electron chi connectivity index (χ2n) is 14.8. The Morgan fingerprint density at radius 3 is 1.87 bits per heavy atom. The highest BCUT2D eigenvalue weighted by Gasteiger charge is 2.35. The largest absolute Gasteiger partial charge is 0.361 e. The Morgan fingerprint density at radius 2 is 1.11 bits per heavy atom. The van der Waals surface area contributed by atoms with Crippen LogP contribution in [0.1, 0.15) is 30.5 Å². The molecule has 1 aliphatic carbocycles. The van der Waals surface area contributed by atoms with Crippen LogP contribution in [-0.2, 0) is 5.41 Å². The van der Waals surface area contributed by atoms with Gasteiger partial charge in [-0.1, -0.05) is 153 Å². The minimum absolute atomic E-state index is 0.114. The lowest BCUT2D eigenvalue weighted by atomic mass is 9.81. The predicted molar refractivity (Wildman–Crippen MR) is 229 cm³/mol. The number of nitrogens with zero attached hydrogens (tertiary/aromatic N) is 1. The first-order valence-electron chi connectivity index (χ1n) is 18.7. The third kappa shape index (κ3) is 5.14. The highest BCUT2D eigenvalue weighted by molar-refractivity contribution is 6.22. The smallest absolute Gasteiger partial charge is 0.0460 e. The first-order chi connectivity index (χ1) is 26.6.